The van der Waals surface area contributed by atoms with Gasteiger partial charge in [0.2, 0.25) is 5.91 Å². The van der Waals surface area contributed by atoms with Crippen molar-refractivity contribution in [3.63, 3.8) is 0 Å². The van der Waals surface area contributed by atoms with Gasteiger partial charge in [-0.2, -0.15) is 0 Å². The van der Waals surface area contributed by atoms with Crippen LogP contribution in [0, 0.1) is 0 Å². The normalized spacial score (nSPS) is 11.0. The van der Waals surface area contributed by atoms with Crippen molar-refractivity contribution in [3.8, 4) is 10.6 Å². The number of aromatic nitrogens is 1. The molecule has 29 heavy (non-hydrogen) atoms. The number of halogens is 2. The van der Waals surface area contributed by atoms with Gasteiger partial charge in [-0.15, -0.1) is 23.1 Å². The van der Waals surface area contributed by atoms with Crippen molar-refractivity contribution in [2.24, 2.45) is 0 Å². The molecule has 1 heterocycles. The molecular formula is C22H16Cl2N2OS2. The van der Waals surface area contributed by atoms with E-state index < -0.39 is 0 Å². The van der Waals surface area contributed by atoms with Gasteiger partial charge in [-0.3, -0.25) is 4.79 Å². The van der Waals surface area contributed by atoms with E-state index in [1.165, 1.54) is 11.8 Å². The monoisotopic (exact) mass is 458 g/mol. The standard InChI is InChI=1S/C22H16Cl2N2OS2/c23-16-9-8-15(18(24)11-16)12-28-13-21(27)25-17-5-3-4-14(10-17)22-26-19-6-1-2-7-20(19)29-22/h1-11H,12-13H2,(H,25,27). The number of nitrogens with zero attached hydrogens (tertiary/aromatic N) is 1. The predicted octanol–water partition coefficient (Wildman–Crippen LogP) is 7.14. The van der Waals surface area contributed by atoms with Crippen LogP contribution in [0.15, 0.2) is 66.7 Å². The molecule has 1 amide bonds. The fraction of sp³-hybridized carbons (Fsp3) is 0.0909. The zero-order valence-corrected chi connectivity index (χ0v) is 18.3. The number of benzene rings is 3. The van der Waals surface area contributed by atoms with Crippen LogP contribution in [0.3, 0.4) is 0 Å². The van der Waals surface area contributed by atoms with E-state index in [0.717, 1.165) is 32.0 Å². The molecule has 0 aliphatic heterocycles. The van der Waals surface area contributed by atoms with Gasteiger partial charge in [0.05, 0.1) is 16.0 Å². The lowest BCUT2D eigenvalue weighted by Crippen LogP contribution is -2.14. The summed E-state index contributed by atoms with van der Waals surface area (Å²) in [5, 5.41) is 5.12. The smallest absolute Gasteiger partial charge is 0.234 e. The second kappa shape index (κ2) is 9.18. The lowest BCUT2D eigenvalue weighted by molar-refractivity contribution is -0.113. The molecule has 3 nitrogen and oxygen atoms in total. The number of rotatable bonds is 6. The van der Waals surface area contributed by atoms with Gasteiger partial charge in [0, 0.05) is 27.0 Å². The SMILES string of the molecule is O=C(CSCc1ccc(Cl)cc1Cl)Nc1cccc(-c2nc3ccccc3s2)c1. The Balaban J connectivity index is 1.38. The first-order valence-electron chi connectivity index (χ1n) is 8.86. The van der Waals surface area contributed by atoms with Crippen LogP contribution in [0.4, 0.5) is 5.69 Å². The quantitative estimate of drug-likeness (QED) is 0.333. The second-order valence-corrected chi connectivity index (χ2v) is 9.20. The maximum Gasteiger partial charge on any atom is 0.234 e. The molecule has 4 aromatic rings. The molecule has 146 valence electrons. The summed E-state index contributed by atoms with van der Waals surface area (Å²) < 4.78 is 1.15. The van der Waals surface area contributed by atoms with E-state index in [1.807, 2.05) is 48.5 Å². The Morgan fingerprint density at radius 2 is 1.90 bits per heavy atom. The number of para-hydroxylation sites is 1. The Morgan fingerprint density at radius 1 is 1.03 bits per heavy atom. The van der Waals surface area contributed by atoms with Crippen molar-refractivity contribution >= 4 is 68.1 Å². The van der Waals surface area contributed by atoms with Crippen LogP contribution in [-0.4, -0.2) is 16.6 Å². The highest BCUT2D eigenvalue weighted by Gasteiger charge is 2.09. The van der Waals surface area contributed by atoms with E-state index >= 15 is 0 Å². The molecule has 1 N–H and O–H groups in total. The number of fused-ring (bicyclic) bond motifs is 1. The molecule has 7 heteroatoms. The minimum absolute atomic E-state index is 0.0541. The van der Waals surface area contributed by atoms with Gasteiger partial charge in [-0.25, -0.2) is 4.98 Å². The highest BCUT2D eigenvalue weighted by Crippen LogP contribution is 2.31. The first-order chi connectivity index (χ1) is 14.1. The number of hydrogen-bond acceptors (Lipinski definition) is 4. The highest BCUT2D eigenvalue weighted by molar-refractivity contribution is 7.99. The van der Waals surface area contributed by atoms with Gasteiger partial charge >= 0.3 is 0 Å². The summed E-state index contributed by atoms with van der Waals surface area (Å²) in [5.74, 6) is 0.931. The number of amides is 1. The molecule has 4 rings (SSSR count). The third-order valence-electron chi connectivity index (χ3n) is 4.19. The van der Waals surface area contributed by atoms with Crippen LogP contribution in [0.5, 0.6) is 0 Å². The van der Waals surface area contributed by atoms with Gasteiger partial charge in [-0.1, -0.05) is 53.5 Å². The van der Waals surface area contributed by atoms with E-state index in [1.54, 1.807) is 23.5 Å². The molecule has 1 aromatic heterocycles. The Labute approximate surface area is 187 Å². The molecule has 0 radical (unpaired) electrons. The number of anilines is 1. The minimum atomic E-state index is -0.0541. The second-order valence-electron chi connectivity index (χ2n) is 6.34. The van der Waals surface area contributed by atoms with E-state index in [4.69, 9.17) is 23.2 Å². The van der Waals surface area contributed by atoms with Crippen LogP contribution >= 0.6 is 46.3 Å². The topological polar surface area (TPSA) is 42.0 Å². The lowest BCUT2D eigenvalue weighted by Gasteiger charge is -2.07. The molecule has 0 saturated heterocycles. The summed E-state index contributed by atoms with van der Waals surface area (Å²) in [6, 6.07) is 21.2. The molecule has 3 aromatic carbocycles. The number of nitrogens with one attached hydrogen (secondary N) is 1. The molecule has 0 aliphatic carbocycles. The fourth-order valence-electron chi connectivity index (χ4n) is 2.82. The third-order valence-corrected chi connectivity index (χ3v) is 6.85. The predicted molar refractivity (Wildman–Crippen MR) is 126 cm³/mol. The Morgan fingerprint density at radius 3 is 2.72 bits per heavy atom. The van der Waals surface area contributed by atoms with Gasteiger partial charge in [-0.05, 0) is 42.0 Å². The van der Waals surface area contributed by atoms with Crippen molar-refractivity contribution in [1.82, 2.24) is 4.98 Å². The molecule has 0 fully saturated rings. The van der Waals surface area contributed by atoms with E-state index in [-0.39, 0.29) is 5.91 Å². The number of carbonyl (C=O) groups excluding carboxylic acids is 1. The van der Waals surface area contributed by atoms with Crippen LogP contribution in [0.1, 0.15) is 5.56 Å². The van der Waals surface area contributed by atoms with Gasteiger partial charge < -0.3 is 5.32 Å². The van der Waals surface area contributed by atoms with Gasteiger partial charge in [0.1, 0.15) is 5.01 Å². The van der Waals surface area contributed by atoms with E-state index in [2.05, 4.69) is 16.4 Å². The van der Waals surface area contributed by atoms with Crippen molar-refractivity contribution < 1.29 is 4.79 Å². The van der Waals surface area contributed by atoms with E-state index in [9.17, 15) is 4.79 Å². The van der Waals surface area contributed by atoms with Crippen LogP contribution < -0.4 is 5.32 Å². The van der Waals surface area contributed by atoms with Crippen LogP contribution in [0.25, 0.3) is 20.8 Å². The summed E-state index contributed by atoms with van der Waals surface area (Å²) in [6.45, 7) is 0. The number of thiazole rings is 1. The summed E-state index contributed by atoms with van der Waals surface area (Å²) in [7, 11) is 0. The highest BCUT2D eigenvalue weighted by atomic mass is 35.5. The first kappa shape index (κ1) is 20.2. The zero-order chi connectivity index (χ0) is 20.2. The van der Waals surface area contributed by atoms with Gasteiger partial charge in [0.15, 0.2) is 0 Å². The summed E-state index contributed by atoms with van der Waals surface area (Å²) in [6.07, 6.45) is 0. The summed E-state index contributed by atoms with van der Waals surface area (Å²) in [5.41, 5.74) is 3.70. The minimum Gasteiger partial charge on any atom is -0.325 e. The molecule has 0 saturated carbocycles. The van der Waals surface area contributed by atoms with Crippen molar-refractivity contribution in [3.05, 3.63) is 82.3 Å². The van der Waals surface area contributed by atoms with Crippen molar-refractivity contribution in [2.75, 3.05) is 11.1 Å². The van der Waals surface area contributed by atoms with Crippen LogP contribution in [0.2, 0.25) is 10.0 Å². The Bertz CT molecular complexity index is 1140. The summed E-state index contributed by atoms with van der Waals surface area (Å²) in [4.78, 5) is 17.0. The molecule has 0 atom stereocenters. The van der Waals surface area contributed by atoms with E-state index in [0.29, 0.717) is 21.6 Å². The molecule has 0 aliphatic rings. The van der Waals surface area contributed by atoms with Crippen molar-refractivity contribution in [1.29, 1.82) is 0 Å². The zero-order valence-electron chi connectivity index (χ0n) is 15.2. The average Bonchev–Trinajstić information content (AvgIpc) is 3.14. The number of carbonyl (C=O) groups is 1. The first-order valence-corrected chi connectivity index (χ1v) is 11.6. The van der Waals surface area contributed by atoms with Crippen LogP contribution in [-0.2, 0) is 10.5 Å². The molecule has 0 bridgehead atoms. The molecule has 0 unspecified atom stereocenters. The van der Waals surface area contributed by atoms with Gasteiger partial charge in [0.25, 0.3) is 0 Å². The summed E-state index contributed by atoms with van der Waals surface area (Å²) >= 11 is 15.2. The average molecular weight is 459 g/mol. The molecule has 0 spiro atoms. The third kappa shape index (κ3) is 5.11. The maximum absolute atomic E-state index is 12.3. The lowest BCUT2D eigenvalue weighted by atomic mass is 10.2. The fourth-order valence-corrected chi connectivity index (χ4v) is 5.16. The number of hydrogen-bond donors (Lipinski definition) is 1. The molecular weight excluding hydrogens is 443 g/mol. The Kier molecular flexibility index (Phi) is 6.40. The number of thioether (sulfide) groups is 1. The largest absolute Gasteiger partial charge is 0.325 e. The maximum atomic E-state index is 12.3. The Hall–Kier alpha value is -2.05. The van der Waals surface area contributed by atoms with Crippen molar-refractivity contribution in [2.45, 2.75) is 5.75 Å².